The Morgan fingerprint density at radius 3 is 0.933 bits per heavy atom. The average molecular weight is 216 g/mol. The van der Waals surface area contributed by atoms with E-state index in [0.717, 1.165) is 0 Å². The van der Waals surface area contributed by atoms with E-state index in [9.17, 15) is 15.3 Å². The molecule has 1 rings (SSSR count). The second kappa shape index (κ2) is 4.35. The van der Waals surface area contributed by atoms with Crippen LogP contribution in [0.3, 0.4) is 0 Å². The summed E-state index contributed by atoms with van der Waals surface area (Å²) >= 11 is 0. The van der Waals surface area contributed by atoms with Gasteiger partial charge in [0.25, 0.3) is 0 Å². The first-order chi connectivity index (χ1) is 7.08. The predicted octanol–water partition coefficient (Wildman–Crippen LogP) is -0.592. The third-order valence-corrected chi connectivity index (χ3v) is 2.34. The summed E-state index contributed by atoms with van der Waals surface area (Å²) in [6.07, 6.45) is -3.08. The smallest absolute Gasteiger partial charge is 0.108 e. The van der Waals surface area contributed by atoms with Gasteiger partial charge >= 0.3 is 0 Å². The van der Waals surface area contributed by atoms with Gasteiger partial charge in [-0.3, -0.25) is 0 Å². The van der Waals surface area contributed by atoms with Crippen molar-refractivity contribution in [3.8, 4) is 0 Å². The Bertz CT molecular complexity index is 259. The van der Waals surface area contributed by atoms with Crippen LogP contribution < -0.4 is 0 Å². The number of hydrogen-bond donors (Lipinski definition) is 6. The van der Waals surface area contributed by atoms with Crippen LogP contribution in [-0.4, -0.2) is 49.0 Å². The van der Waals surface area contributed by atoms with Crippen molar-refractivity contribution in [1.29, 1.82) is 0 Å². The Hall–Kier alpha value is -1.50. The van der Waals surface area contributed by atoms with Crippen molar-refractivity contribution in [1.82, 2.24) is 0 Å². The van der Waals surface area contributed by atoms with Crippen LogP contribution in [0.15, 0.2) is 35.5 Å². The van der Waals surface area contributed by atoms with E-state index in [4.69, 9.17) is 15.3 Å². The second-order valence-corrected chi connectivity index (χ2v) is 3.09. The number of aliphatic hydroxyl groups excluding tert-OH is 6. The third-order valence-electron chi connectivity index (χ3n) is 2.34. The molecule has 6 nitrogen and oxygen atoms in total. The molecule has 1 fully saturated rings. The van der Waals surface area contributed by atoms with Gasteiger partial charge in [0.15, 0.2) is 0 Å². The quantitative estimate of drug-likeness (QED) is 0.301. The number of rotatable bonds is 0. The third kappa shape index (κ3) is 1.70. The number of hydrogen-bond acceptors (Lipinski definition) is 6. The molecule has 1 aliphatic carbocycles. The van der Waals surface area contributed by atoms with Crippen LogP contribution in [0, 0.1) is 0 Å². The van der Waals surface area contributed by atoms with Crippen molar-refractivity contribution < 1.29 is 30.6 Å². The van der Waals surface area contributed by atoms with Crippen LogP contribution in [0.25, 0.3) is 0 Å². The second-order valence-electron chi connectivity index (χ2n) is 3.09. The van der Waals surface area contributed by atoms with Gasteiger partial charge in [0.1, 0.15) is 18.3 Å². The van der Waals surface area contributed by atoms with Crippen molar-refractivity contribution >= 4 is 0 Å². The summed E-state index contributed by atoms with van der Waals surface area (Å²) in [5, 5.41) is 54.8. The lowest BCUT2D eigenvalue weighted by molar-refractivity contribution is 0.0977. The minimum absolute atomic E-state index is 0.235. The van der Waals surface area contributed by atoms with Crippen LogP contribution in [0.5, 0.6) is 0 Å². The van der Waals surface area contributed by atoms with Gasteiger partial charge in [-0.15, -0.1) is 0 Å². The van der Waals surface area contributed by atoms with E-state index >= 15 is 0 Å². The molecule has 0 heterocycles. The fourth-order valence-electron chi connectivity index (χ4n) is 1.45. The summed E-state index contributed by atoms with van der Waals surface area (Å²) in [5.74, 6) is 0. The lowest BCUT2D eigenvalue weighted by Crippen LogP contribution is -2.40. The first kappa shape index (κ1) is 11.6. The molecule has 0 saturated heterocycles. The van der Waals surface area contributed by atoms with Crippen molar-refractivity contribution in [3.63, 3.8) is 0 Å². The maximum absolute atomic E-state index is 9.50. The van der Waals surface area contributed by atoms with Gasteiger partial charge < -0.3 is 30.6 Å². The van der Waals surface area contributed by atoms with E-state index in [-0.39, 0.29) is 16.7 Å². The number of aliphatic hydroxyl groups is 6. The Morgan fingerprint density at radius 2 is 0.800 bits per heavy atom. The van der Waals surface area contributed by atoms with Gasteiger partial charge in [-0.25, -0.2) is 0 Å². The van der Waals surface area contributed by atoms with Gasteiger partial charge in [0.2, 0.25) is 0 Å². The topological polar surface area (TPSA) is 121 Å². The van der Waals surface area contributed by atoms with Gasteiger partial charge in [-0.1, -0.05) is 0 Å². The zero-order valence-electron chi connectivity index (χ0n) is 7.65. The Labute approximate surface area is 85.3 Å². The van der Waals surface area contributed by atoms with Gasteiger partial charge in [0.05, 0.1) is 18.8 Å². The van der Waals surface area contributed by atoms with E-state index in [1.54, 1.807) is 0 Å². The summed E-state index contributed by atoms with van der Waals surface area (Å²) in [6.45, 7) is 0. The molecule has 0 radical (unpaired) electrons. The highest BCUT2D eigenvalue weighted by Crippen LogP contribution is 2.32. The molecule has 0 spiro atoms. The summed E-state index contributed by atoms with van der Waals surface area (Å²) in [6, 6.07) is 0. The Balaban J connectivity index is 3.22. The molecular formula is C9H12O6. The molecule has 1 saturated carbocycles. The highest BCUT2D eigenvalue weighted by molar-refractivity contribution is 5.43. The maximum atomic E-state index is 9.50. The normalized spacial score (nSPS) is 31.4. The lowest BCUT2D eigenvalue weighted by Gasteiger charge is -2.32. The Kier molecular flexibility index (Phi) is 3.35. The summed E-state index contributed by atoms with van der Waals surface area (Å²) in [4.78, 5) is 0. The monoisotopic (exact) mass is 216 g/mol. The molecule has 0 atom stereocenters. The lowest BCUT2D eigenvalue weighted by atomic mass is 9.81. The van der Waals surface area contributed by atoms with Gasteiger partial charge in [-0.05, 0) is 0 Å². The molecule has 6 N–H and O–H groups in total. The molecule has 0 aromatic rings. The fraction of sp³-hybridized carbons (Fsp3) is 0.333. The fourth-order valence-corrected chi connectivity index (χ4v) is 1.45. The van der Waals surface area contributed by atoms with E-state index in [1.165, 1.54) is 0 Å². The molecule has 84 valence electrons. The van der Waals surface area contributed by atoms with E-state index in [2.05, 4.69) is 0 Å². The first-order valence-corrected chi connectivity index (χ1v) is 4.15. The van der Waals surface area contributed by atoms with Crippen LogP contribution in [0.1, 0.15) is 0 Å². The Morgan fingerprint density at radius 1 is 0.600 bits per heavy atom. The minimum Gasteiger partial charge on any atom is -0.515 e. The van der Waals surface area contributed by atoms with Crippen molar-refractivity contribution in [3.05, 3.63) is 35.5 Å². The molecule has 0 unspecified atom stereocenters. The summed E-state index contributed by atoms with van der Waals surface area (Å²) < 4.78 is 0. The zero-order chi connectivity index (χ0) is 11.6. The summed E-state index contributed by atoms with van der Waals surface area (Å²) in [7, 11) is 0. The van der Waals surface area contributed by atoms with E-state index < -0.39 is 18.3 Å². The van der Waals surface area contributed by atoms with Crippen LogP contribution >= 0.6 is 0 Å². The van der Waals surface area contributed by atoms with Crippen molar-refractivity contribution in [2.24, 2.45) is 0 Å². The van der Waals surface area contributed by atoms with Crippen LogP contribution in [0.2, 0.25) is 0 Å². The van der Waals surface area contributed by atoms with E-state index in [1.807, 2.05) is 0 Å². The first-order valence-electron chi connectivity index (χ1n) is 4.15. The molecule has 0 bridgehead atoms. The van der Waals surface area contributed by atoms with Gasteiger partial charge in [-0.2, -0.15) is 0 Å². The molecular weight excluding hydrogens is 204 g/mol. The summed E-state index contributed by atoms with van der Waals surface area (Å²) in [5.41, 5.74) is -0.706. The highest BCUT2D eigenvalue weighted by atomic mass is 16.3. The standard InChI is InChI=1S/C9H12O6/c10-1-4-7(13)5(2-11)9(15)6(3-12)8(4)14/h1-3,7-15H. The van der Waals surface area contributed by atoms with Crippen molar-refractivity contribution in [2.45, 2.75) is 18.3 Å². The zero-order valence-corrected chi connectivity index (χ0v) is 7.65. The maximum Gasteiger partial charge on any atom is 0.108 e. The van der Waals surface area contributed by atoms with Crippen LogP contribution in [0.4, 0.5) is 0 Å². The van der Waals surface area contributed by atoms with Crippen molar-refractivity contribution in [2.75, 3.05) is 0 Å². The van der Waals surface area contributed by atoms with E-state index in [0.29, 0.717) is 18.8 Å². The van der Waals surface area contributed by atoms with Gasteiger partial charge in [0, 0.05) is 16.7 Å². The molecule has 1 aliphatic rings. The molecule has 6 heteroatoms. The molecule has 0 aliphatic heterocycles. The molecule has 15 heavy (non-hydrogen) atoms. The SMILES string of the molecule is OC=C1C(O)C(=CO)C(O)C(=CO)C1O. The molecule has 0 aromatic carbocycles. The van der Waals surface area contributed by atoms with Crippen LogP contribution in [-0.2, 0) is 0 Å². The predicted molar refractivity (Wildman–Crippen MR) is 50.2 cm³/mol. The average Bonchev–Trinajstić information content (AvgIpc) is 2.19. The molecule has 0 aromatic heterocycles. The minimum atomic E-state index is -1.49. The highest BCUT2D eigenvalue weighted by Gasteiger charge is 2.39. The largest absolute Gasteiger partial charge is 0.515 e. The molecule has 0 amide bonds.